The molecule has 1 aliphatic rings. The summed E-state index contributed by atoms with van der Waals surface area (Å²) in [4.78, 5) is 14.4. The van der Waals surface area contributed by atoms with E-state index in [1.54, 1.807) is 0 Å². The van der Waals surface area contributed by atoms with Crippen LogP contribution >= 0.6 is 0 Å². The second-order valence-corrected chi connectivity index (χ2v) is 6.71. The average Bonchev–Trinajstić information content (AvgIpc) is 2.66. The molecule has 0 fully saturated rings. The van der Waals surface area contributed by atoms with Gasteiger partial charge in [0.05, 0.1) is 18.2 Å². The Balaban J connectivity index is 1.92. The van der Waals surface area contributed by atoms with Crippen LogP contribution in [0.3, 0.4) is 0 Å². The summed E-state index contributed by atoms with van der Waals surface area (Å²) in [6, 6.07) is 14.6. The SMILES string of the molecule is CCOC(=O)c1ccc2c(c1)C(Nc1ccc(NC)cc1)CC(C)N2C. The Morgan fingerprint density at radius 2 is 1.88 bits per heavy atom. The van der Waals surface area contributed by atoms with Crippen molar-refractivity contribution in [2.75, 3.05) is 36.2 Å². The standard InChI is InChI=1S/C21H27N3O2/c1-5-26-21(25)15-6-11-20-18(13-15)19(12-14(2)24(20)4)23-17-9-7-16(22-3)8-10-17/h6-11,13-14,19,22-23H,5,12H2,1-4H3. The fourth-order valence-electron chi connectivity index (χ4n) is 3.43. The molecule has 26 heavy (non-hydrogen) atoms. The Morgan fingerprint density at radius 3 is 2.54 bits per heavy atom. The Bertz CT molecular complexity index is 773. The van der Waals surface area contributed by atoms with Crippen LogP contribution in [0.5, 0.6) is 0 Å². The molecule has 0 aliphatic carbocycles. The maximum Gasteiger partial charge on any atom is 0.338 e. The lowest BCUT2D eigenvalue weighted by molar-refractivity contribution is 0.0526. The first-order chi connectivity index (χ1) is 12.5. The molecule has 5 nitrogen and oxygen atoms in total. The number of esters is 1. The second kappa shape index (κ2) is 7.68. The van der Waals surface area contributed by atoms with E-state index >= 15 is 0 Å². The van der Waals surface area contributed by atoms with Crippen molar-refractivity contribution in [2.45, 2.75) is 32.4 Å². The van der Waals surface area contributed by atoms with E-state index < -0.39 is 0 Å². The minimum absolute atomic E-state index is 0.144. The highest BCUT2D eigenvalue weighted by Gasteiger charge is 2.29. The van der Waals surface area contributed by atoms with Gasteiger partial charge in [-0.3, -0.25) is 0 Å². The molecule has 2 N–H and O–H groups in total. The normalized spacial score (nSPS) is 18.8. The molecule has 1 heterocycles. The minimum atomic E-state index is -0.270. The molecular weight excluding hydrogens is 326 g/mol. The zero-order valence-corrected chi connectivity index (χ0v) is 15.9. The molecule has 0 bridgehead atoms. The van der Waals surface area contributed by atoms with Gasteiger partial charge in [0.2, 0.25) is 0 Å². The summed E-state index contributed by atoms with van der Waals surface area (Å²) in [6.07, 6.45) is 0.962. The van der Waals surface area contributed by atoms with Crippen LogP contribution in [0, 0.1) is 0 Å². The van der Waals surface area contributed by atoms with Crippen molar-refractivity contribution in [3.05, 3.63) is 53.6 Å². The molecule has 2 unspecified atom stereocenters. The number of benzene rings is 2. The third-order valence-corrected chi connectivity index (χ3v) is 5.05. The predicted octanol–water partition coefficient (Wildman–Crippen LogP) is 4.29. The maximum absolute atomic E-state index is 12.1. The monoisotopic (exact) mass is 353 g/mol. The summed E-state index contributed by atoms with van der Waals surface area (Å²) >= 11 is 0. The topological polar surface area (TPSA) is 53.6 Å². The highest BCUT2D eigenvalue weighted by molar-refractivity contribution is 5.90. The van der Waals surface area contributed by atoms with Gasteiger partial charge in [0.25, 0.3) is 0 Å². The van der Waals surface area contributed by atoms with E-state index in [0.29, 0.717) is 18.2 Å². The summed E-state index contributed by atoms with van der Waals surface area (Å²) in [5.74, 6) is -0.270. The summed E-state index contributed by atoms with van der Waals surface area (Å²) < 4.78 is 5.17. The molecule has 0 aromatic heterocycles. The van der Waals surface area contributed by atoms with Gasteiger partial charge in [-0.1, -0.05) is 0 Å². The van der Waals surface area contributed by atoms with Gasteiger partial charge < -0.3 is 20.3 Å². The van der Waals surface area contributed by atoms with Crippen LogP contribution in [-0.4, -0.2) is 32.7 Å². The van der Waals surface area contributed by atoms with E-state index in [2.05, 4.69) is 53.8 Å². The number of nitrogens with one attached hydrogen (secondary N) is 2. The smallest absolute Gasteiger partial charge is 0.338 e. The van der Waals surface area contributed by atoms with E-state index in [9.17, 15) is 4.79 Å². The van der Waals surface area contributed by atoms with Crippen LogP contribution in [0.1, 0.15) is 42.2 Å². The molecule has 0 amide bonds. The number of rotatable bonds is 5. The zero-order valence-electron chi connectivity index (χ0n) is 15.9. The fourth-order valence-corrected chi connectivity index (χ4v) is 3.43. The van der Waals surface area contributed by atoms with Crippen LogP contribution in [0.2, 0.25) is 0 Å². The van der Waals surface area contributed by atoms with Gasteiger partial charge in [-0.25, -0.2) is 4.79 Å². The highest BCUT2D eigenvalue weighted by Crippen LogP contribution is 2.38. The van der Waals surface area contributed by atoms with E-state index in [1.807, 2.05) is 32.2 Å². The van der Waals surface area contributed by atoms with Crippen molar-refractivity contribution in [3.63, 3.8) is 0 Å². The van der Waals surface area contributed by atoms with Gasteiger partial charge in [-0.05, 0) is 68.3 Å². The fraction of sp³-hybridized carbons (Fsp3) is 0.381. The molecule has 2 aromatic carbocycles. The van der Waals surface area contributed by atoms with Crippen LogP contribution < -0.4 is 15.5 Å². The molecule has 2 atom stereocenters. The third-order valence-electron chi connectivity index (χ3n) is 5.05. The van der Waals surface area contributed by atoms with Gasteiger partial charge in [-0.2, -0.15) is 0 Å². The number of nitrogens with zero attached hydrogens (tertiary/aromatic N) is 1. The summed E-state index contributed by atoms with van der Waals surface area (Å²) in [5.41, 5.74) is 5.04. The van der Waals surface area contributed by atoms with Gasteiger partial charge in [-0.15, -0.1) is 0 Å². The molecule has 2 aromatic rings. The van der Waals surface area contributed by atoms with Gasteiger partial charge in [0.15, 0.2) is 0 Å². The Labute approximate surface area is 155 Å². The number of hydrogen-bond acceptors (Lipinski definition) is 5. The molecule has 0 saturated carbocycles. The van der Waals surface area contributed by atoms with Crippen molar-refractivity contribution in [3.8, 4) is 0 Å². The van der Waals surface area contributed by atoms with Gasteiger partial charge in [0, 0.05) is 37.2 Å². The van der Waals surface area contributed by atoms with Crippen LogP contribution in [0.15, 0.2) is 42.5 Å². The molecule has 0 radical (unpaired) electrons. The number of ether oxygens (including phenoxy) is 1. The predicted molar refractivity (Wildman–Crippen MR) is 107 cm³/mol. The number of hydrogen-bond donors (Lipinski definition) is 2. The first-order valence-electron chi connectivity index (χ1n) is 9.11. The quantitative estimate of drug-likeness (QED) is 0.786. The van der Waals surface area contributed by atoms with Crippen molar-refractivity contribution >= 4 is 23.0 Å². The first kappa shape index (κ1) is 18.1. The zero-order chi connectivity index (χ0) is 18.7. The molecular formula is C21H27N3O2. The molecule has 1 aliphatic heterocycles. The van der Waals surface area contributed by atoms with E-state index in [-0.39, 0.29) is 12.0 Å². The lowest BCUT2D eigenvalue weighted by atomic mass is 9.90. The maximum atomic E-state index is 12.1. The van der Waals surface area contributed by atoms with Crippen LogP contribution in [0.25, 0.3) is 0 Å². The molecule has 138 valence electrons. The van der Waals surface area contributed by atoms with Crippen molar-refractivity contribution in [1.29, 1.82) is 0 Å². The van der Waals surface area contributed by atoms with Gasteiger partial charge in [0.1, 0.15) is 0 Å². The Morgan fingerprint density at radius 1 is 1.19 bits per heavy atom. The largest absolute Gasteiger partial charge is 0.462 e. The van der Waals surface area contributed by atoms with Crippen LogP contribution in [-0.2, 0) is 4.74 Å². The summed E-state index contributed by atoms with van der Waals surface area (Å²) in [5, 5.41) is 6.76. The first-order valence-corrected chi connectivity index (χ1v) is 9.11. The molecule has 3 rings (SSSR count). The lowest BCUT2D eigenvalue weighted by Crippen LogP contribution is -2.37. The van der Waals surface area contributed by atoms with Crippen LogP contribution in [0.4, 0.5) is 17.1 Å². The number of fused-ring (bicyclic) bond motifs is 1. The number of carbonyl (C=O) groups is 1. The highest BCUT2D eigenvalue weighted by atomic mass is 16.5. The summed E-state index contributed by atoms with van der Waals surface area (Å²) in [7, 11) is 4.01. The van der Waals surface area contributed by atoms with Gasteiger partial charge >= 0.3 is 5.97 Å². The van der Waals surface area contributed by atoms with Crippen molar-refractivity contribution < 1.29 is 9.53 Å². The average molecular weight is 353 g/mol. The molecule has 0 spiro atoms. The van der Waals surface area contributed by atoms with E-state index in [1.165, 1.54) is 0 Å². The Kier molecular flexibility index (Phi) is 5.35. The van der Waals surface area contributed by atoms with E-state index in [4.69, 9.17) is 4.74 Å². The molecule has 5 heteroatoms. The number of anilines is 3. The molecule has 0 saturated heterocycles. The van der Waals surface area contributed by atoms with E-state index in [0.717, 1.165) is 29.0 Å². The third kappa shape index (κ3) is 3.62. The lowest BCUT2D eigenvalue weighted by Gasteiger charge is -2.39. The van der Waals surface area contributed by atoms with Crippen molar-refractivity contribution in [1.82, 2.24) is 0 Å². The number of carbonyl (C=O) groups excluding carboxylic acids is 1. The Hall–Kier alpha value is -2.69. The van der Waals surface area contributed by atoms with Crippen molar-refractivity contribution in [2.24, 2.45) is 0 Å². The second-order valence-electron chi connectivity index (χ2n) is 6.71. The minimum Gasteiger partial charge on any atom is -0.462 e. The summed E-state index contributed by atoms with van der Waals surface area (Å²) in [6.45, 7) is 4.43.